The fourth-order valence-corrected chi connectivity index (χ4v) is 2.85. The molecule has 1 aliphatic carbocycles. The molecule has 0 saturated carbocycles. The molecule has 5 nitrogen and oxygen atoms in total. The number of ether oxygens (including phenoxy) is 1. The predicted molar refractivity (Wildman–Crippen MR) is 78.7 cm³/mol. The number of nitrogens with zero attached hydrogens (tertiary/aromatic N) is 1. The summed E-state index contributed by atoms with van der Waals surface area (Å²) < 4.78 is 5.13. The van der Waals surface area contributed by atoms with Gasteiger partial charge in [-0.3, -0.25) is 14.5 Å². The normalized spacial score (nSPS) is 23.6. The summed E-state index contributed by atoms with van der Waals surface area (Å²) >= 11 is 0. The number of benzene rings is 1. The van der Waals surface area contributed by atoms with Crippen LogP contribution in [0, 0.1) is 11.8 Å². The van der Waals surface area contributed by atoms with E-state index >= 15 is 0 Å². The molecule has 1 saturated heterocycles. The molecule has 0 N–H and O–H groups in total. The van der Waals surface area contributed by atoms with Crippen molar-refractivity contribution in [1.82, 2.24) is 4.90 Å². The number of hydrogen-bond acceptors (Lipinski definition) is 4. The quantitative estimate of drug-likeness (QED) is 0.484. The van der Waals surface area contributed by atoms with Gasteiger partial charge in [0.2, 0.25) is 11.8 Å². The number of likely N-dealkylation sites (tertiary alicyclic amines) is 1. The molecule has 2 unspecified atom stereocenters. The van der Waals surface area contributed by atoms with E-state index in [1.807, 2.05) is 6.08 Å². The van der Waals surface area contributed by atoms with Crippen LogP contribution in [-0.2, 0) is 14.4 Å². The first-order valence-electron chi connectivity index (χ1n) is 7.04. The number of rotatable bonds is 3. The second-order valence-electron chi connectivity index (χ2n) is 5.35. The van der Waals surface area contributed by atoms with Crippen molar-refractivity contribution >= 4 is 17.8 Å². The highest BCUT2D eigenvalue weighted by atomic mass is 16.5. The summed E-state index contributed by atoms with van der Waals surface area (Å²) in [6, 6.07) is 8.54. The number of carbonyl (C=O) groups excluding carboxylic acids is 3. The van der Waals surface area contributed by atoms with Gasteiger partial charge in [0.25, 0.3) is 0 Å². The molecule has 0 bridgehead atoms. The maximum absolute atomic E-state index is 12.4. The topological polar surface area (TPSA) is 63.7 Å². The molecule has 2 aliphatic rings. The molecule has 1 aromatic rings. The molecule has 1 aromatic carbocycles. The molecule has 3 rings (SSSR count). The molecule has 0 aromatic heterocycles. The summed E-state index contributed by atoms with van der Waals surface area (Å²) in [5.41, 5.74) is 0.619. The second kappa shape index (κ2) is 5.60. The molecule has 0 radical (unpaired) electrons. The molecular formula is C17H15NO4. The van der Waals surface area contributed by atoms with E-state index in [1.165, 1.54) is 0 Å². The number of para-hydroxylation sites is 1. The maximum atomic E-state index is 12.4. The Kier molecular flexibility index (Phi) is 3.63. The van der Waals surface area contributed by atoms with Crippen LogP contribution >= 0.6 is 0 Å². The standard InChI is InChI=1S/C17H15NO4/c1-11-6-5-9-13-15(11)17(21)18(16(13)20)10-14(19)22-12-7-3-2-4-8-12/h2-8,13,15H,1,9-10H2. The lowest BCUT2D eigenvalue weighted by Crippen LogP contribution is -2.37. The smallest absolute Gasteiger partial charge is 0.331 e. The summed E-state index contributed by atoms with van der Waals surface area (Å²) in [7, 11) is 0. The lowest BCUT2D eigenvalue weighted by atomic mass is 9.82. The minimum absolute atomic E-state index is 0.328. The van der Waals surface area contributed by atoms with Crippen LogP contribution in [0.3, 0.4) is 0 Å². The third-order valence-corrected chi connectivity index (χ3v) is 3.90. The first-order valence-corrected chi connectivity index (χ1v) is 7.04. The molecule has 1 heterocycles. The number of esters is 1. The summed E-state index contributed by atoms with van der Waals surface area (Å²) in [4.78, 5) is 37.6. The van der Waals surface area contributed by atoms with Crippen LogP contribution in [-0.4, -0.2) is 29.2 Å². The third kappa shape index (κ3) is 2.45. The molecule has 1 aliphatic heterocycles. The van der Waals surface area contributed by atoms with Crippen LogP contribution in [0.1, 0.15) is 6.42 Å². The summed E-state index contributed by atoms with van der Waals surface area (Å²) in [6.07, 6.45) is 4.09. The van der Waals surface area contributed by atoms with E-state index in [0.29, 0.717) is 17.7 Å². The van der Waals surface area contributed by atoms with Gasteiger partial charge in [0.05, 0.1) is 11.8 Å². The van der Waals surface area contributed by atoms with Gasteiger partial charge in [-0.1, -0.05) is 36.9 Å². The Balaban J connectivity index is 1.71. The number of allylic oxidation sites excluding steroid dienone is 2. The molecular weight excluding hydrogens is 282 g/mol. The molecule has 5 heteroatoms. The molecule has 22 heavy (non-hydrogen) atoms. The van der Waals surface area contributed by atoms with E-state index in [0.717, 1.165) is 4.90 Å². The second-order valence-corrected chi connectivity index (χ2v) is 5.35. The van der Waals surface area contributed by atoms with Crippen LogP contribution < -0.4 is 4.74 Å². The monoisotopic (exact) mass is 297 g/mol. The number of imide groups is 1. The van der Waals surface area contributed by atoms with Gasteiger partial charge in [-0.2, -0.15) is 0 Å². The Bertz CT molecular complexity index is 677. The van der Waals surface area contributed by atoms with E-state index in [-0.39, 0.29) is 18.4 Å². The van der Waals surface area contributed by atoms with Crippen molar-refractivity contribution in [2.75, 3.05) is 6.54 Å². The van der Waals surface area contributed by atoms with Crippen molar-refractivity contribution in [2.45, 2.75) is 6.42 Å². The van der Waals surface area contributed by atoms with E-state index in [9.17, 15) is 14.4 Å². The fraction of sp³-hybridized carbons (Fsp3) is 0.235. The van der Waals surface area contributed by atoms with Crippen molar-refractivity contribution in [3.63, 3.8) is 0 Å². The largest absolute Gasteiger partial charge is 0.425 e. The zero-order valence-corrected chi connectivity index (χ0v) is 11.9. The van der Waals surface area contributed by atoms with E-state index in [1.54, 1.807) is 36.4 Å². The molecule has 1 fully saturated rings. The van der Waals surface area contributed by atoms with Crippen LogP contribution in [0.25, 0.3) is 0 Å². The SMILES string of the molecule is C=C1C=CCC2C(=O)N(CC(=O)Oc3ccccc3)C(=O)C12. The summed E-state index contributed by atoms with van der Waals surface area (Å²) in [5.74, 6) is -1.92. The van der Waals surface area contributed by atoms with Crippen molar-refractivity contribution < 1.29 is 19.1 Å². The van der Waals surface area contributed by atoms with Gasteiger partial charge in [-0.15, -0.1) is 0 Å². The van der Waals surface area contributed by atoms with Gasteiger partial charge >= 0.3 is 5.97 Å². The fourth-order valence-electron chi connectivity index (χ4n) is 2.85. The zero-order valence-electron chi connectivity index (χ0n) is 11.9. The highest BCUT2D eigenvalue weighted by Crippen LogP contribution is 2.37. The first kappa shape index (κ1) is 14.3. The van der Waals surface area contributed by atoms with Crippen molar-refractivity contribution in [2.24, 2.45) is 11.8 Å². The van der Waals surface area contributed by atoms with E-state index < -0.39 is 17.8 Å². The number of hydrogen-bond donors (Lipinski definition) is 0. The first-order chi connectivity index (χ1) is 10.6. The Morgan fingerprint density at radius 1 is 1.23 bits per heavy atom. The van der Waals surface area contributed by atoms with Crippen LogP contribution in [0.15, 0.2) is 54.6 Å². The maximum Gasteiger partial charge on any atom is 0.331 e. The lowest BCUT2D eigenvalue weighted by molar-refractivity contribution is -0.147. The van der Waals surface area contributed by atoms with Gasteiger partial charge in [-0.25, -0.2) is 4.79 Å². The van der Waals surface area contributed by atoms with Gasteiger partial charge in [0.15, 0.2) is 0 Å². The highest BCUT2D eigenvalue weighted by Gasteiger charge is 2.49. The Hall–Kier alpha value is -2.69. The Labute approximate surface area is 127 Å². The minimum atomic E-state index is -0.634. The van der Waals surface area contributed by atoms with Crippen LogP contribution in [0.2, 0.25) is 0 Å². The molecule has 2 amide bonds. The van der Waals surface area contributed by atoms with Gasteiger partial charge < -0.3 is 4.74 Å². The summed E-state index contributed by atoms with van der Waals surface area (Å²) in [6.45, 7) is 3.45. The number of fused-ring (bicyclic) bond motifs is 1. The van der Waals surface area contributed by atoms with Crippen LogP contribution in [0.5, 0.6) is 5.75 Å². The Morgan fingerprint density at radius 3 is 2.64 bits per heavy atom. The summed E-state index contributed by atoms with van der Waals surface area (Å²) in [5, 5.41) is 0. The highest BCUT2D eigenvalue weighted by molar-refractivity contribution is 6.08. The van der Waals surface area contributed by atoms with Gasteiger partial charge in [-0.05, 0) is 24.1 Å². The molecule has 0 spiro atoms. The van der Waals surface area contributed by atoms with Gasteiger partial charge in [0, 0.05) is 0 Å². The zero-order chi connectivity index (χ0) is 15.7. The van der Waals surface area contributed by atoms with Crippen molar-refractivity contribution in [3.05, 3.63) is 54.6 Å². The molecule has 2 atom stereocenters. The minimum Gasteiger partial charge on any atom is -0.425 e. The van der Waals surface area contributed by atoms with E-state index in [4.69, 9.17) is 4.74 Å². The average Bonchev–Trinajstić information content (AvgIpc) is 2.74. The van der Waals surface area contributed by atoms with Crippen LogP contribution in [0.4, 0.5) is 0 Å². The van der Waals surface area contributed by atoms with Crippen molar-refractivity contribution in [3.8, 4) is 5.75 Å². The van der Waals surface area contributed by atoms with E-state index in [2.05, 4.69) is 6.58 Å². The third-order valence-electron chi connectivity index (χ3n) is 3.90. The lowest BCUT2D eigenvalue weighted by Gasteiger charge is -2.17. The predicted octanol–water partition coefficient (Wildman–Crippen LogP) is 1.71. The Morgan fingerprint density at radius 2 is 1.95 bits per heavy atom. The number of amides is 2. The average molecular weight is 297 g/mol. The van der Waals surface area contributed by atoms with Crippen molar-refractivity contribution in [1.29, 1.82) is 0 Å². The van der Waals surface area contributed by atoms with Gasteiger partial charge in [0.1, 0.15) is 12.3 Å². The molecule has 112 valence electrons. The number of carbonyl (C=O) groups is 3.